The lowest BCUT2D eigenvalue weighted by molar-refractivity contribution is -0.127. The van der Waals surface area contributed by atoms with Gasteiger partial charge in [0.2, 0.25) is 5.91 Å². The summed E-state index contributed by atoms with van der Waals surface area (Å²) in [5.41, 5.74) is 0.0368. The van der Waals surface area contributed by atoms with Crippen molar-refractivity contribution < 1.29 is 9.53 Å². The van der Waals surface area contributed by atoms with Gasteiger partial charge in [0.15, 0.2) is 0 Å². The first kappa shape index (κ1) is 13.5. The molecule has 2 atom stereocenters. The summed E-state index contributed by atoms with van der Waals surface area (Å²) >= 11 is 0. The molecule has 16 heavy (non-hydrogen) atoms. The molecule has 2 unspecified atom stereocenters. The molecule has 1 amide bonds. The third kappa shape index (κ3) is 3.46. The van der Waals surface area contributed by atoms with E-state index in [2.05, 4.69) is 24.5 Å². The molecule has 94 valence electrons. The Bertz CT molecular complexity index is 241. The monoisotopic (exact) mass is 228 g/mol. The molecule has 1 aliphatic heterocycles. The fourth-order valence-electron chi connectivity index (χ4n) is 2.28. The fourth-order valence-corrected chi connectivity index (χ4v) is 2.28. The number of ether oxygens (including phenoxy) is 1. The van der Waals surface area contributed by atoms with Crippen LogP contribution in [0.25, 0.3) is 0 Å². The number of carbonyl (C=O) groups excluding carboxylic acids is 1. The Balaban J connectivity index is 2.51. The molecule has 1 fully saturated rings. The Morgan fingerprint density at radius 2 is 2.31 bits per heavy atom. The minimum Gasteiger partial charge on any atom is -0.383 e. The third-order valence-corrected chi connectivity index (χ3v) is 3.20. The lowest BCUT2D eigenvalue weighted by atomic mass is 9.77. The highest BCUT2D eigenvalue weighted by atomic mass is 16.5. The van der Waals surface area contributed by atoms with E-state index in [1.54, 1.807) is 7.11 Å². The molecule has 0 aromatic heterocycles. The van der Waals surface area contributed by atoms with Gasteiger partial charge < -0.3 is 15.4 Å². The Kier molecular flexibility index (Phi) is 4.74. The zero-order chi connectivity index (χ0) is 12.2. The molecule has 0 saturated carbocycles. The number of amides is 1. The summed E-state index contributed by atoms with van der Waals surface area (Å²) in [5.74, 6) is 0.0919. The first-order valence-electron chi connectivity index (χ1n) is 6.00. The van der Waals surface area contributed by atoms with Crippen molar-refractivity contribution in [3.63, 3.8) is 0 Å². The van der Waals surface area contributed by atoms with Crippen molar-refractivity contribution in [3.05, 3.63) is 0 Å². The van der Waals surface area contributed by atoms with Crippen LogP contribution in [0.3, 0.4) is 0 Å². The first-order chi connectivity index (χ1) is 7.47. The van der Waals surface area contributed by atoms with Gasteiger partial charge in [-0.05, 0) is 31.7 Å². The Hall–Kier alpha value is -0.610. The van der Waals surface area contributed by atoms with Crippen molar-refractivity contribution >= 4 is 5.91 Å². The minimum atomic E-state index is -0.0828. The summed E-state index contributed by atoms with van der Waals surface area (Å²) in [4.78, 5) is 12.1. The maximum absolute atomic E-state index is 12.1. The molecule has 2 N–H and O–H groups in total. The maximum atomic E-state index is 12.1. The van der Waals surface area contributed by atoms with Crippen LogP contribution in [0, 0.1) is 5.41 Å². The minimum absolute atomic E-state index is 0.0368. The van der Waals surface area contributed by atoms with Gasteiger partial charge in [-0.3, -0.25) is 4.79 Å². The first-order valence-corrected chi connectivity index (χ1v) is 6.00. The third-order valence-electron chi connectivity index (χ3n) is 3.20. The molecule has 4 nitrogen and oxygen atoms in total. The SMILES string of the molecule is COCC(C)NC(=O)C1NCCCC1(C)C. The second-order valence-electron chi connectivity index (χ2n) is 5.34. The van der Waals surface area contributed by atoms with Crippen molar-refractivity contribution in [1.29, 1.82) is 0 Å². The van der Waals surface area contributed by atoms with Gasteiger partial charge in [-0.15, -0.1) is 0 Å². The van der Waals surface area contributed by atoms with Gasteiger partial charge in [-0.1, -0.05) is 13.8 Å². The summed E-state index contributed by atoms with van der Waals surface area (Å²) in [7, 11) is 1.64. The molecular formula is C12H24N2O2. The van der Waals surface area contributed by atoms with E-state index in [0.717, 1.165) is 19.4 Å². The molecule has 0 bridgehead atoms. The van der Waals surface area contributed by atoms with Crippen LogP contribution in [0.1, 0.15) is 33.6 Å². The predicted octanol–water partition coefficient (Wildman–Crippen LogP) is 0.916. The van der Waals surface area contributed by atoms with Crippen LogP contribution in [0.2, 0.25) is 0 Å². The lowest BCUT2D eigenvalue weighted by Crippen LogP contribution is -2.57. The van der Waals surface area contributed by atoms with Crippen LogP contribution in [-0.4, -0.2) is 38.3 Å². The molecule has 1 heterocycles. The van der Waals surface area contributed by atoms with Gasteiger partial charge in [0, 0.05) is 13.2 Å². The quantitative estimate of drug-likeness (QED) is 0.752. The Morgan fingerprint density at radius 1 is 1.62 bits per heavy atom. The second-order valence-corrected chi connectivity index (χ2v) is 5.34. The van der Waals surface area contributed by atoms with E-state index in [1.807, 2.05) is 6.92 Å². The number of hydrogen-bond donors (Lipinski definition) is 2. The Labute approximate surface area is 98.1 Å². The van der Waals surface area contributed by atoms with Crippen LogP contribution in [-0.2, 0) is 9.53 Å². The molecule has 0 aliphatic carbocycles. The zero-order valence-electron chi connectivity index (χ0n) is 10.8. The van der Waals surface area contributed by atoms with E-state index in [4.69, 9.17) is 4.74 Å². The van der Waals surface area contributed by atoms with Crippen LogP contribution in [0.15, 0.2) is 0 Å². The smallest absolute Gasteiger partial charge is 0.237 e. The van der Waals surface area contributed by atoms with Crippen LogP contribution >= 0.6 is 0 Å². The molecule has 1 saturated heterocycles. The second kappa shape index (κ2) is 5.64. The number of rotatable bonds is 4. The molecule has 0 spiro atoms. The summed E-state index contributed by atoms with van der Waals surface area (Å²) in [6.45, 7) is 7.73. The highest BCUT2D eigenvalue weighted by Gasteiger charge is 2.37. The number of hydrogen-bond acceptors (Lipinski definition) is 3. The topological polar surface area (TPSA) is 50.4 Å². The van der Waals surface area contributed by atoms with Gasteiger partial charge in [-0.25, -0.2) is 0 Å². The van der Waals surface area contributed by atoms with Gasteiger partial charge in [0.25, 0.3) is 0 Å². The summed E-state index contributed by atoms with van der Waals surface area (Å²) in [6, 6.07) is -0.0161. The van der Waals surface area contributed by atoms with E-state index in [0.29, 0.717) is 6.61 Å². The fraction of sp³-hybridized carbons (Fsp3) is 0.917. The van der Waals surface area contributed by atoms with Gasteiger partial charge in [-0.2, -0.15) is 0 Å². The van der Waals surface area contributed by atoms with Crippen molar-refractivity contribution in [3.8, 4) is 0 Å². The highest BCUT2D eigenvalue weighted by molar-refractivity contribution is 5.83. The highest BCUT2D eigenvalue weighted by Crippen LogP contribution is 2.30. The zero-order valence-corrected chi connectivity index (χ0v) is 10.8. The molecule has 0 aromatic carbocycles. The standard InChI is InChI=1S/C12H24N2O2/c1-9(8-16-4)14-11(15)10-12(2,3)6-5-7-13-10/h9-10,13H,5-8H2,1-4H3,(H,14,15). The van der Waals surface area contributed by atoms with Crippen LogP contribution in [0.4, 0.5) is 0 Å². The van der Waals surface area contributed by atoms with E-state index in [1.165, 1.54) is 0 Å². The molecule has 1 aliphatic rings. The van der Waals surface area contributed by atoms with E-state index in [-0.39, 0.29) is 23.4 Å². The number of carbonyl (C=O) groups is 1. The van der Waals surface area contributed by atoms with Gasteiger partial charge in [0.1, 0.15) is 0 Å². The molecule has 0 aromatic rings. The molecule has 1 rings (SSSR count). The van der Waals surface area contributed by atoms with Gasteiger partial charge in [0.05, 0.1) is 12.6 Å². The van der Waals surface area contributed by atoms with E-state index < -0.39 is 0 Å². The van der Waals surface area contributed by atoms with Crippen molar-refractivity contribution in [2.24, 2.45) is 5.41 Å². The molecule has 4 heteroatoms. The summed E-state index contributed by atoms with van der Waals surface area (Å²) in [5, 5.41) is 6.28. The van der Waals surface area contributed by atoms with Crippen LogP contribution in [0.5, 0.6) is 0 Å². The number of piperidine rings is 1. The largest absolute Gasteiger partial charge is 0.383 e. The summed E-state index contributed by atoms with van der Waals surface area (Å²) < 4.78 is 5.01. The van der Waals surface area contributed by atoms with Crippen molar-refractivity contribution in [2.75, 3.05) is 20.3 Å². The number of methoxy groups -OCH3 is 1. The average Bonchev–Trinajstić information content (AvgIpc) is 2.16. The number of nitrogens with one attached hydrogen (secondary N) is 2. The predicted molar refractivity (Wildman–Crippen MR) is 64.3 cm³/mol. The average molecular weight is 228 g/mol. The van der Waals surface area contributed by atoms with E-state index >= 15 is 0 Å². The normalized spacial score (nSPS) is 26.1. The van der Waals surface area contributed by atoms with Crippen molar-refractivity contribution in [1.82, 2.24) is 10.6 Å². The Morgan fingerprint density at radius 3 is 2.88 bits per heavy atom. The van der Waals surface area contributed by atoms with E-state index in [9.17, 15) is 4.79 Å². The molecule has 0 radical (unpaired) electrons. The lowest BCUT2D eigenvalue weighted by Gasteiger charge is -2.38. The maximum Gasteiger partial charge on any atom is 0.237 e. The van der Waals surface area contributed by atoms with Gasteiger partial charge >= 0.3 is 0 Å². The van der Waals surface area contributed by atoms with Crippen LogP contribution < -0.4 is 10.6 Å². The van der Waals surface area contributed by atoms with Crippen molar-refractivity contribution in [2.45, 2.75) is 45.7 Å². The summed E-state index contributed by atoms with van der Waals surface area (Å²) in [6.07, 6.45) is 2.24. The molecular weight excluding hydrogens is 204 g/mol.